The number of benzene rings is 3. The van der Waals surface area contributed by atoms with Crippen LogP contribution in [0.5, 0.6) is 23.1 Å². The fourth-order valence-corrected chi connectivity index (χ4v) is 4.59. The molecule has 0 saturated carbocycles. The van der Waals surface area contributed by atoms with Gasteiger partial charge in [0.2, 0.25) is 11.6 Å². The van der Waals surface area contributed by atoms with Gasteiger partial charge in [-0.15, -0.1) is 0 Å². The Morgan fingerprint density at radius 1 is 0.769 bits per heavy atom. The molecule has 2 aromatic heterocycles. The number of hydrogen-bond acceptors (Lipinski definition) is 9. The third kappa shape index (κ3) is 5.78. The van der Waals surface area contributed by atoms with Crippen molar-refractivity contribution >= 4 is 32.7 Å². The van der Waals surface area contributed by atoms with Crippen LogP contribution in [0.4, 0.5) is 5.82 Å². The normalized spacial score (nSPS) is 11.4. The highest BCUT2D eigenvalue weighted by Crippen LogP contribution is 2.40. The third-order valence-corrected chi connectivity index (χ3v) is 6.54. The number of methoxy groups -OCH3 is 2. The Balaban J connectivity index is 1.57. The molecule has 0 aliphatic rings. The monoisotopic (exact) mass is 541 g/mol. The number of para-hydroxylation sites is 2. The van der Waals surface area contributed by atoms with Crippen LogP contribution >= 0.6 is 0 Å². The fraction of sp³-hybridized carbons (Fsp3) is 0.0714. The number of nitrogens with one attached hydrogen (secondary N) is 1. The maximum absolute atomic E-state index is 13.3. The second kappa shape index (κ2) is 11.2. The lowest BCUT2D eigenvalue weighted by Gasteiger charge is -2.16. The van der Waals surface area contributed by atoms with Crippen molar-refractivity contribution in [2.24, 2.45) is 0 Å². The van der Waals surface area contributed by atoms with Crippen LogP contribution < -0.4 is 18.9 Å². The molecule has 0 aliphatic carbocycles. The molecule has 5 rings (SSSR count). The molecule has 0 saturated heterocycles. The first-order chi connectivity index (χ1) is 19.0. The number of ether oxygens (including phenoxy) is 3. The molecule has 10 nitrogen and oxygen atoms in total. The highest BCUT2D eigenvalue weighted by Gasteiger charge is 2.23. The van der Waals surface area contributed by atoms with Crippen LogP contribution in [0.25, 0.3) is 28.5 Å². The molecule has 0 radical (unpaired) electrons. The van der Waals surface area contributed by atoms with Gasteiger partial charge in [0.25, 0.3) is 15.9 Å². The third-order valence-electron chi connectivity index (χ3n) is 5.56. The van der Waals surface area contributed by atoms with E-state index >= 15 is 0 Å². The minimum absolute atomic E-state index is 0.0332. The van der Waals surface area contributed by atoms with E-state index in [0.29, 0.717) is 11.5 Å². The van der Waals surface area contributed by atoms with Crippen molar-refractivity contribution in [1.82, 2.24) is 19.9 Å². The molecule has 39 heavy (non-hydrogen) atoms. The molecule has 0 fully saturated rings. The summed E-state index contributed by atoms with van der Waals surface area (Å²) >= 11 is 0. The van der Waals surface area contributed by atoms with Crippen LogP contribution in [-0.2, 0) is 10.0 Å². The number of nitrogens with zero attached hydrogens (tertiary/aromatic N) is 4. The van der Waals surface area contributed by atoms with Crippen LogP contribution in [0, 0.1) is 0 Å². The van der Waals surface area contributed by atoms with Gasteiger partial charge in [-0.2, -0.15) is 4.98 Å². The number of hydrogen-bond donors (Lipinski definition) is 1. The summed E-state index contributed by atoms with van der Waals surface area (Å²) in [5.41, 5.74) is 0.739. The molecule has 5 aromatic rings. The second-order valence-corrected chi connectivity index (χ2v) is 9.64. The van der Waals surface area contributed by atoms with Crippen molar-refractivity contribution in [2.75, 3.05) is 18.9 Å². The highest BCUT2D eigenvalue weighted by atomic mass is 32.2. The Morgan fingerprint density at radius 3 is 2.26 bits per heavy atom. The van der Waals surface area contributed by atoms with Gasteiger partial charge < -0.3 is 14.2 Å². The van der Waals surface area contributed by atoms with Gasteiger partial charge in [0.1, 0.15) is 0 Å². The van der Waals surface area contributed by atoms with Gasteiger partial charge in [-0.05, 0) is 40.6 Å². The Labute approximate surface area is 225 Å². The van der Waals surface area contributed by atoms with Gasteiger partial charge in [0, 0.05) is 12.4 Å². The smallest absolute Gasteiger partial charge is 0.263 e. The number of rotatable bonds is 9. The Hall–Kier alpha value is -5.03. The maximum Gasteiger partial charge on any atom is 0.263 e. The van der Waals surface area contributed by atoms with Crippen molar-refractivity contribution < 1.29 is 22.6 Å². The molecule has 0 spiro atoms. The van der Waals surface area contributed by atoms with E-state index in [2.05, 4.69) is 24.7 Å². The fourth-order valence-electron chi connectivity index (χ4n) is 3.78. The van der Waals surface area contributed by atoms with E-state index in [9.17, 15) is 8.42 Å². The highest BCUT2D eigenvalue weighted by molar-refractivity contribution is 7.95. The summed E-state index contributed by atoms with van der Waals surface area (Å²) in [6.45, 7) is 0. The Kier molecular flexibility index (Phi) is 7.32. The number of fused-ring (bicyclic) bond motifs is 1. The van der Waals surface area contributed by atoms with Gasteiger partial charge in [0.05, 0.1) is 19.6 Å². The van der Waals surface area contributed by atoms with E-state index in [1.807, 2.05) is 42.5 Å². The molecule has 2 heterocycles. The van der Waals surface area contributed by atoms with Crippen molar-refractivity contribution in [3.8, 4) is 34.8 Å². The predicted octanol–water partition coefficient (Wildman–Crippen LogP) is 5.31. The summed E-state index contributed by atoms with van der Waals surface area (Å²) in [5, 5.41) is 2.97. The maximum atomic E-state index is 13.3. The van der Waals surface area contributed by atoms with Crippen molar-refractivity contribution in [2.45, 2.75) is 0 Å². The predicted molar refractivity (Wildman–Crippen MR) is 148 cm³/mol. The quantitative estimate of drug-likeness (QED) is 0.264. The Bertz CT molecular complexity index is 1760. The minimum atomic E-state index is -4.08. The minimum Gasteiger partial charge on any atom is -0.493 e. The summed E-state index contributed by atoms with van der Waals surface area (Å²) in [6.07, 6.45) is 4.56. The molecular formula is C28H23N5O5S. The molecule has 196 valence electrons. The molecule has 11 heteroatoms. The number of sulfonamides is 1. The van der Waals surface area contributed by atoms with E-state index in [0.717, 1.165) is 21.7 Å². The van der Waals surface area contributed by atoms with Gasteiger partial charge >= 0.3 is 0 Å². The van der Waals surface area contributed by atoms with Gasteiger partial charge in [-0.1, -0.05) is 54.6 Å². The van der Waals surface area contributed by atoms with Crippen molar-refractivity contribution in [1.29, 1.82) is 0 Å². The first-order valence-electron chi connectivity index (χ1n) is 11.7. The molecule has 0 unspecified atom stereocenters. The molecule has 0 atom stereocenters. The molecule has 1 N–H and O–H groups in total. The van der Waals surface area contributed by atoms with Gasteiger partial charge in [-0.25, -0.2) is 23.4 Å². The standard InChI is InChI=1S/C28H23N5O5S/c1-36-22-13-5-6-14-23(22)38-24-25(31-27(32-28(24)37-2)26-29-16-8-17-30-26)33-39(34,35)18-15-20-11-7-10-19-9-3-4-12-21(19)20/h3-18H,1-2H3,(H,31,32,33). The van der Waals surface area contributed by atoms with E-state index in [4.69, 9.17) is 14.2 Å². The zero-order valence-electron chi connectivity index (χ0n) is 21.0. The zero-order chi connectivity index (χ0) is 27.2. The van der Waals surface area contributed by atoms with Crippen LogP contribution in [0.15, 0.2) is 90.6 Å². The summed E-state index contributed by atoms with van der Waals surface area (Å²) < 4.78 is 45.9. The van der Waals surface area contributed by atoms with Crippen LogP contribution in [0.3, 0.4) is 0 Å². The summed E-state index contributed by atoms with van der Waals surface area (Å²) in [6, 6.07) is 21.9. The lowest BCUT2D eigenvalue weighted by molar-refractivity contribution is 0.348. The first-order valence-corrected chi connectivity index (χ1v) is 13.2. The van der Waals surface area contributed by atoms with E-state index < -0.39 is 10.0 Å². The number of aromatic nitrogens is 4. The molecule has 0 amide bonds. The summed E-state index contributed by atoms with van der Waals surface area (Å²) in [4.78, 5) is 17.1. The molecule has 0 aliphatic heterocycles. The van der Waals surface area contributed by atoms with E-state index in [1.165, 1.54) is 32.7 Å². The first kappa shape index (κ1) is 25.6. The SMILES string of the molecule is COc1ccccc1Oc1c(NS(=O)(=O)C=Cc2cccc3ccccc23)nc(-c2ncccn2)nc1OC. The van der Waals surface area contributed by atoms with Crippen LogP contribution in [-0.4, -0.2) is 42.6 Å². The van der Waals surface area contributed by atoms with Crippen LogP contribution in [0.2, 0.25) is 0 Å². The number of anilines is 1. The summed E-state index contributed by atoms with van der Waals surface area (Å²) in [7, 11) is -1.21. The molecule has 3 aromatic carbocycles. The molecule has 0 bridgehead atoms. The Morgan fingerprint density at radius 2 is 1.49 bits per heavy atom. The second-order valence-electron chi connectivity index (χ2n) is 8.08. The molecular weight excluding hydrogens is 518 g/mol. The van der Waals surface area contributed by atoms with E-state index in [1.54, 1.807) is 30.3 Å². The average molecular weight is 542 g/mol. The van der Waals surface area contributed by atoms with Gasteiger partial charge in [0.15, 0.2) is 23.1 Å². The lowest BCUT2D eigenvalue weighted by atomic mass is 10.1. The van der Waals surface area contributed by atoms with Crippen molar-refractivity contribution in [3.63, 3.8) is 0 Å². The topological polar surface area (TPSA) is 125 Å². The van der Waals surface area contributed by atoms with Crippen molar-refractivity contribution in [3.05, 3.63) is 96.2 Å². The summed E-state index contributed by atoms with van der Waals surface area (Å²) in [5.74, 6) is 0.662. The average Bonchev–Trinajstić information content (AvgIpc) is 2.97. The van der Waals surface area contributed by atoms with E-state index in [-0.39, 0.29) is 29.1 Å². The van der Waals surface area contributed by atoms with Gasteiger partial charge in [-0.3, -0.25) is 4.72 Å². The largest absolute Gasteiger partial charge is 0.493 e. The lowest BCUT2D eigenvalue weighted by Crippen LogP contribution is -2.13. The van der Waals surface area contributed by atoms with Crippen LogP contribution in [0.1, 0.15) is 5.56 Å². The zero-order valence-corrected chi connectivity index (χ0v) is 21.8.